The maximum Gasteiger partial charge on any atom is 0.339 e. The Kier molecular flexibility index (Phi) is 4.10. The van der Waals surface area contributed by atoms with Gasteiger partial charge in [0, 0.05) is 6.07 Å². The Hall–Kier alpha value is -2.59. The first-order valence-corrected chi connectivity index (χ1v) is 7.33. The molecule has 1 aromatic heterocycles. The fraction of sp³-hybridized carbons (Fsp3) is 0.143. The molecule has 0 N–H and O–H groups in total. The molecule has 0 radical (unpaired) electrons. The van der Waals surface area contributed by atoms with Gasteiger partial charge in [0.1, 0.15) is 11.0 Å². The zero-order chi connectivity index (χ0) is 15.5. The first-order valence-electron chi connectivity index (χ1n) is 5.92. The van der Waals surface area contributed by atoms with Crippen molar-refractivity contribution >= 4 is 10.1 Å². The molecule has 0 aliphatic carbocycles. The topological polar surface area (TPSA) is 89.3 Å². The van der Waals surface area contributed by atoms with Gasteiger partial charge in [0.2, 0.25) is 5.88 Å². The molecule has 0 saturated heterocycles. The predicted octanol–water partition coefficient (Wildman–Crippen LogP) is 2.04. The van der Waals surface area contributed by atoms with Crippen molar-refractivity contribution in [2.24, 2.45) is 0 Å². The largest absolute Gasteiger partial charge is 0.481 e. The molecule has 0 aliphatic rings. The lowest BCUT2D eigenvalue weighted by Gasteiger charge is -2.08. The summed E-state index contributed by atoms with van der Waals surface area (Å²) in [4.78, 5) is 3.84. The van der Waals surface area contributed by atoms with Gasteiger partial charge < -0.3 is 8.92 Å². The van der Waals surface area contributed by atoms with Crippen LogP contribution in [0.2, 0.25) is 0 Å². The van der Waals surface area contributed by atoms with E-state index in [2.05, 4.69) is 4.98 Å². The molecule has 7 heteroatoms. The fourth-order valence-electron chi connectivity index (χ4n) is 1.56. The average Bonchev–Trinajstić information content (AvgIpc) is 2.47. The monoisotopic (exact) mass is 304 g/mol. The minimum atomic E-state index is -4.01. The molecule has 0 saturated carbocycles. The maximum atomic E-state index is 12.1. The number of ether oxygens (including phenoxy) is 1. The van der Waals surface area contributed by atoms with Crippen LogP contribution in [0.15, 0.2) is 41.3 Å². The third-order valence-electron chi connectivity index (χ3n) is 2.66. The van der Waals surface area contributed by atoms with Crippen molar-refractivity contribution in [2.75, 3.05) is 7.11 Å². The predicted molar refractivity (Wildman–Crippen MR) is 74.5 cm³/mol. The molecule has 0 bridgehead atoms. The Bertz CT molecular complexity index is 793. The summed E-state index contributed by atoms with van der Waals surface area (Å²) in [5.41, 5.74) is 0.766. The van der Waals surface area contributed by atoms with E-state index < -0.39 is 10.1 Å². The molecule has 21 heavy (non-hydrogen) atoms. The molecule has 0 unspecified atom stereocenters. The van der Waals surface area contributed by atoms with Gasteiger partial charge in [-0.15, -0.1) is 0 Å². The lowest BCUT2D eigenvalue weighted by molar-refractivity contribution is 0.395. The fourth-order valence-corrected chi connectivity index (χ4v) is 2.50. The summed E-state index contributed by atoms with van der Waals surface area (Å²) in [6.07, 6.45) is 0. The second kappa shape index (κ2) is 5.81. The van der Waals surface area contributed by atoms with Crippen LogP contribution in [0.5, 0.6) is 11.6 Å². The van der Waals surface area contributed by atoms with E-state index in [1.165, 1.54) is 31.4 Å². The minimum Gasteiger partial charge on any atom is -0.481 e. The van der Waals surface area contributed by atoms with Crippen molar-refractivity contribution in [1.82, 2.24) is 4.98 Å². The van der Waals surface area contributed by atoms with Crippen molar-refractivity contribution < 1.29 is 17.3 Å². The Labute approximate surface area is 122 Å². The Morgan fingerprint density at radius 3 is 2.38 bits per heavy atom. The van der Waals surface area contributed by atoms with Crippen LogP contribution in [0.1, 0.15) is 11.3 Å². The zero-order valence-electron chi connectivity index (χ0n) is 11.4. The number of methoxy groups -OCH3 is 1. The summed E-state index contributed by atoms with van der Waals surface area (Å²) in [6.45, 7) is 1.85. The van der Waals surface area contributed by atoms with Crippen LogP contribution in [0.25, 0.3) is 0 Å². The average molecular weight is 304 g/mol. The number of benzene rings is 1. The Morgan fingerprint density at radius 2 is 1.81 bits per heavy atom. The molecule has 0 amide bonds. The van der Waals surface area contributed by atoms with Gasteiger partial charge in [-0.25, -0.2) is 0 Å². The van der Waals surface area contributed by atoms with E-state index in [0.29, 0.717) is 0 Å². The van der Waals surface area contributed by atoms with Crippen molar-refractivity contribution in [3.05, 3.63) is 47.7 Å². The summed E-state index contributed by atoms with van der Waals surface area (Å²) >= 11 is 0. The highest BCUT2D eigenvalue weighted by atomic mass is 32.2. The van der Waals surface area contributed by atoms with E-state index in [4.69, 9.17) is 14.2 Å². The second-order valence-electron chi connectivity index (χ2n) is 4.16. The molecule has 1 heterocycles. The van der Waals surface area contributed by atoms with Crippen LogP contribution < -0.4 is 8.92 Å². The number of nitrogens with zero attached hydrogens (tertiary/aromatic N) is 2. The number of rotatable bonds is 4. The molecule has 0 atom stereocenters. The van der Waals surface area contributed by atoms with Crippen molar-refractivity contribution in [3.63, 3.8) is 0 Å². The Morgan fingerprint density at radius 1 is 1.14 bits per heavy atom. The molecular formula is C14H12N2O4S. The number of pyridine rings is 1. The van der Waals surface area contributed by atoms with E-state index >= 15 is 0 Å². The van der Waals surface area contributed by atoms with Crippen molar-refractivity contribution in [1.29, 1.82) is 5.26 Å². The number of aromatic nitrogens is 1. The van der Waals surface area contributed by atoms with Crippen LogP contribution in [-0.4, -0.2) is 20.5 Å². The molecule has 0 spiro atoms. The van der Waals surface area contributed by atoms with E-state index in [1.54, 1.807) is 18.2 Å². The lowest BCUT2D eigenvalue weighted by atomic mass is 10.2. The first-order chi connectivity index (χ1) is 9.96. The van der Waals surface area contributed by atoms with Gasteiger partial charge in [-0.2, -0.15) is 18.7 Å². The van der Waals surface area contributed by atoms with E-state index in [1.807, 2.05) is 6.92 Å². The standard InChI is InChI=1S/C14H12N2O4S/c1-10-3-5-11(6-4-10)21(17,18)20-13-7-8-14(19-2)16-12(13)9-15/h3-8H,1-2H3. The minimum absolute atomic E-state index is 0.00723. The molecule has 2 aromatic rings. The van der Waals surface area contributed by atoms with Crippen LogP contribution in [0, 0.1) is 18.3 Å². The SMILES string of the molecule is COc1ccc(OS(=O)(=O)c2ccc(C)cc2)c(C#N)n1. The summed E-state index contributed by atoms with van der Waals surface area (Å²) in [6, 6.07) is 10.7. The van der Waals surface area contributed by atoms with Gasteiger partial charge in [0.25, 0.3) is 0 Å². The second-order valence-corrected chi connectivity index (χ2v) is 5.71. The van der Waals surface area contributed by atoms with Crippen molar-refractivity contribution in [3.8, 4) is 17.7 Å². The number of nitriles is 1. The Balaban J connectivity index is 2.37. The quantitative estimate of drug-likeness (QED) is 0.803. The van der Waals surface area contributed by atoms with Gasteiger partial charge in [-0.1, -0.05) is 17.7 Å². The lowest BCUT2D eigenvalue weighted by Crippen LogP contribution is -2.11. The third-order valence-corrected chi connectivity index (χ3v) is 3.91. The van der Waals surface area contributed by atoms with Crippen LogP contribution in [0.3, 0.4) is 0 Å². The van der Waals surface area contributed by atoms with Crippen LogP contribution in [0.4, 0.5) is 0 Å². The van der Waals surface area contributed by atoms with Crippen LogP contribution in [-0.2, 0) is 10.1 Å². The smallest absolute Gasteiger partial charge is 0.339 e. The molecule has 0 fully saturated rings. The number of hydrogen-bond donors (Lipinski definition) is 0. The molecule has 2 rings (SSSR count). The summed E-state index contributed by atoms with van der Waals surface area (Å²) in [5.74, 6) is 0.0607. The molecule has 1 aromatic carbocycles. The summed E-state index contributed by atoms with van der Waals surface area (Å²) < 4.78 is 34.1. The highest BCUT2D eigenvalue weighted by Crippen LogP contribution is 2.23. The number of aryl methyl sites for hydroxylation is 1. The maximum absolute atomic E-state index is 12.1. The first kappa shape index (κ1) is 14.8. The van der Waals surface area contributed by atoms with Crippen molar-refractivity contribution in [2.45, 2.75) is 11.8 Å². The highest BCUT2D eigenvalue weighted by molar-refractivity contribution is 7.87. The third kappa shape index (κ3) is 3.30. The zero-order valence-corrected chi connectivity index (χ0v) is 12.2. The summed E-state index contributed by atoms with van der Waals surface area (Å²) in [7, 11) is -2.62. The van der Waals surface area contributed by atoms with Gasteiger partial charge in [0.15, 0.2) is 11.4 Å². The van der Waals surface area contributed by atoms with Gasteiger partial charge >= 0.3 is 10.1 Å². The normalized spacial score (nSPS) is 10.7. The van der Waals surface area contributed by atoms with Gasteiger partial charge in [-0.3, -0.25) is 0 Å². The highest BCUT2D eigenvalue weighted by Gasteiger charge is 2.19. The van der Waals surface area contributed by atoms with Crippen LogP contribution >= 0.6 is 0 Å². The molecule has 6 nitrogen and oxygen atoms in total. The molecular weight excluding hydrogens is 292 g/mol. The van der Waals surface area contributed by atoms with Gasteiger partial charge in [-0.05, 0) is 25.1 Å². The summed E-state index contributed by atoms with van der Waals surface area (Å²) in [5, 5.41) is 9.00. The van der Waals surface area contributed by atoms with E-state index in [9.17, 15) is 8.42 Å². The molecule has 0 aliphatic heterocycles. The van der Waals surface area contributed by atoms with E-state index in [-0.39, 0.29) is 22.2 Å². The molecule has 108 valence electrons. The van der Waals surface area contributed by atoms with Gasteiger partial charge in [0.05, 0.1) is 7.11 Å². The van der Waals surface area contributed by atoms with E-state index in [0.717, 1.165) is 5.56 Å². The number of hydrogen-bond acceptors (Lipinski definition) is 6.